The Hall–Kier alpha value is -2.07. The summed E-state index contributed by atoms with van der Waals surface area (Å²) in [6.07, 6.45) is 2.80. The highest BCUT2D eigenvalue weighted by molar-refractivity contribution is 9.10. The lowest BCUT2D eigenvalue weighted by molar-refractivity contribution is 0.102. The number of halogens is 1. The van der Waals surface area contributed by atoms with Crippen LogP contribution in [0.25, 0.3) is 11.3 Å². The molecule has 1 aromatic heterocycles. The molecule has 32 heavy (non-hydrogen) atoms. The van der Waals surface area contributed by atoms with Gasteiger partial charge in [-0.05, 0) is 72.4 Å². The molecule has 4 rings (SSSR count). The summed E-state index contributed by atoms with van der Waals surface area (Å²) in [6, 6.07) is 10.7. The SMILES string of the molecule is Cc1ccc(C)c(-c2csc(NC(=O)c3ccc(S(=O)(=O)N4CCCCC4)cc3Br)n2)c1. The molecule has 0 spiro atoms. The van der Waals surface area contributed by atoms with Gasteiger partial charge in [0.25, 0.3) is 5.91 Å². The monoisotopic (exact) mass is 533 g/mol. The topological polar surface area (TPSA) is 79.4 Å². The van der Waals surface area contributed by atoms with Crippen LogP contribution in [-0.4, -0.2) is 36.7 Å². The normalized spacial score (nSPS) is 15.0. The van der Waals surface area contributed by atoms with E-state index in [4.69, 9.17) is 0 Å². The second kappa shape index (κ2) is 9.43. The van der Waals surface area contributed by atoms with Crippen molar-refractivity contribution in [3.63, 3.8) is 0 Å². The molecule has 2 heterocycles. The number of amides is 1. The van der Waals surface area contributed by atoms with Crippen molar-refractivity contribution in [2.75, 3.05) is 18.4 Å². The van der Waals surface area contributed by atoms with E-state index in [1.165, 1.54) is 33.8 Å². The summed E-state index contributed by atoms with van der Waals surface area (Å²) in [4.78, 5) is 17.6. The van der Waals surface area contributed by atoms with Crippen molar-refractivity contribution in [3.8, 4) is 11.3 Å². The lowest BCUT2D eigenvalue weighted by Gasteiger charge is -2.26. The molecule has 9 heteroatoms. The zero-order valence-corrected chi connectivity index (χ0v) is 21.1. The first-order valence-corrected chi connectivity index (χ1v) is 13.5. The third-order valence-corrected chi connectivity index (χ3v) is 8.84. The average Bonchev–Trinajstić information content (AvgIpc) is 3.24. The van der Waals surface area contributed by atoms with E-state index in [0.29, 0.717) is 28.3 Å². The number of benzene rings is 2. The quantitative estimate of drug-likeness (QED) is 0.461. The Morgan fingerprint density at radius 1 is 1.09 bits per heavy atom. The fraction of sp³-hybridized carbons (Fsp3) is 0.304. The summed E-state index contributed by atoms with van der Waals surface area (Å²) in [7, 11) is -3.56. The summed E-state index contributed by atoms with van der Waals surface area (Å²) in [5, 5.41) is 5.23. The summed E-state index contributed by atoms with van der Waals surface area (Å²) in [5.74, 6) is -0.347. The van der Waals surface area contributed by atoms with E-state index in [0.717, 1.165) is 41.6 Å². The molecule has 1 N–H and O–H groups in total. The molecule has 0 radical (unpaired) electrons. The number of carbonyl (C=O) groups is 1. The molecule has 6 nitrogen and oxygen atoms in total. The number of hydrogen-bond donors (Lipinski definition) is 1. The minimum absolute atomic E-state index is 0.189. The smallest absolute Gasteiger partial charge is 0.258 e. The molecule has 1 aliphatic heterocycles. The third kappa shape index (κ3) is 4.80. The van der Waals surface area contributed by atoms with Gasteiger partial charge in [0, 0.05) is 28.5 Å². The van der Waals surface area contributed by atoms with Crippen molar-refractivity contribution < 1.29 is 13.2 Å². The number of sulfonamides is 1. The number of thiazole rings is 1. The van der Waals surface area contributed by atoms with E-state index >= 15 is 0 Å². The number of anilines is 1. The molecule has 3 aromatic rings. The van der Waals surface area contributed by atoms with Crippen LogP contribution in [-0.2, 0) is 10.0 Å². The number of nitrogens with zero attached hydrogens (tertiary/aromatic N) is 2. The fourth-order valence-corrected chi connectivity index (χ4v) is 6.69. The van der Waals surface area contributed by atoms with Crippen molar-refractivity contribution in [1.29, 1.82) is 0 Å². The van der Waals surface area contributed by atoms with Crippen LogP contribution < -0.4 is 5.32 Å². The van der Waals surface area contributed by atoms with Gasteiger partial charge in [-0.2, -0.15) is 4.31 Å². The van der Waals surface area contributed by atoms with E-state index in [9.17, 15) is 13.2 Å². The average molecular weight is 535 g/mol. The molecular formula is C23H24BrN3O3S2. The van der Waals surface area contributed by atoms with Crippen molar-refractivity contribution in [1.82, 2.24) is 9.29 Å². The third-order valence-electron chi connectivity index (χ3n) is 5.53. The van der Waals surface area contributed by atoms with Gasteiger partial charge in [-0.25, -0.2) is 13.4 Å². The molecule has 0 unspecified atom stereocenters. The number of aryl methyl sites for hydroxylation is 2. The van der Waals surface area contributed by atoms with Crippen molar-refractivity contribution in [2.24, 2.45) is 0 Å². The Balaban J connectivity index is 1.52. The van der Waals surface area contributed by atoms with E-state index in [-0.39, 0.29) is 10.8 Å². The van der Waals surface area contributed by atoms with Crippen LogP contribution in [0.1, 0.15) is 40.7 Å². The van der Waals surface area contributed by atoms with Crippen LogP contribution in [0.3, 0.4) is 0 Å². The van der Waals surface area contributed by atoms with E-state index < -0.39 is 10.0 Å². The van der Waals surface area contributed by atoms with Crippen molar-refractivity contribution in [2.45, 2.75) is 38.0 Å². The van der Waals surface area contributed by atoms with Gasteiger partial charge in [0.15, 0.2) is 5.13 Å². The molecule has 1 saturated heterocycles. The lowest BCUT2D eigenvalue weighted by atomic mass is 10.0. The molecule has 168 valence electrons. The fourth-order valence-electron chi connectivity index (χ4n) is 3.73. The summed E-state index contributed by atoms with van der Waals surface area (Å²) < 4.78 is 27.7. The Morgan fingerprint density at radius 3 is 2.56 bits per heavy atom. The predicted molar refractivity (Wildman–Crippen MR) is 132 cm³/mol. The van der Waals surface area contributed by atoms with Crippen LogP contribution in [0, 0.1) is 13.8 Å². The van der Waals surface area contributed by atoms with Gasteiger partial charge in [0.05, 0.1) is 16.2 Å². The van der Waals surface area contributed by atoms with Crippen LogP contribution >= 0.6 is 27.3 Å². The molecule has 0 aliphatic carbocycles. The van der Waals surface area contributed by atoms with Crippen molar-refractivity contribution >= 4 is 48.3 Å². The first kappa shape index (κ1) is 23.1. The van der Waals surface area contributed by atoms with Crippen LogP contribution in [0.4, 0.5) is 5.13 Å². The Bertz CT molecular complexity index is 1270. The molecule has 1 amide bonds. The van der Waals surface area contributed by atoms with Gasteiger partial charge in [-0.3, -0.25) is 10.1 Å². The Kier molecular flexibility index (Phi) is 6.80. The maximum Gasteiger partial charge on any atom is 0.258 e. The van der Waals surface area contributed by atoms with E-state index in [1.54, 1.807) is 0 Å². The van der Waals surface area contributed by atoms with Gasteiger partial charge in [0.2, 0.25) is 10.0 Å². The van der Waals surface area contributed by atoms with Crippen LogP contribution in [0.5, 0.6) is 0 Å². The van der Waals surface area contributed by atoms with Gasteiger partial charge >= 0.3 is 0 Å². The van der Waals surface area contributed by atoms with Crippen LogP contribution in [0.15, 0.2) is 51.1 Å². The zero-order chi connectivity index (χ0) is 22.9. The van der Waals surface area contributed by atoms with E-state index in [2.05, 4.69) is 44.4 Å². The number of piperidine rings is 1. The van der Waals surface area contributed by atoms with Gasteiger partial charge in [-0.1, -0.05) is 24.1 Å². The Morgan fingerprint density at radius 2 is 1.84 bits per heavy atom. The molecule has 1 fully saturated rings. The zero-order valence-electron chi connectivity index (χ0n) is 17.9. The molecular weight excluding hydrogens is 510 g/mol. The minimum atomic E-state index is -3.56. The van der Waals surface area contributed by atoms with Crippen molar-refractivity contribution in [3.05, 3.63) is 62.9 Å². The molecule has 1 aliphatic rings. The van der Waals surface area contributed by atoms with Gasteiger partial charge in [0.1, 0.15) is 0 Å². The van der Waals surface area contributed by atoms with Gasteiger partial charge in [-0.15, -0.1) is 11.3 Å². The first-order chi connectivity index (χ1) is 15.3. The minimum Gasteiger partial charge on any atom is -0.298 e. The maximum atomic E-state index is 12.9. The highest BCUT2D eigenvalue weighted by atomic mass is 79.9. The standard InChI is InChI=1S/C23H24BrN3O3S2/c1-15-6-7-16(2)19(12-15)21-14-31-23(25-21)26-22(28)18-9-8-17(13-20(18)24)32(29,30)27-10-4-3-5-11-27/h6-9,12-14H,3-5,10-11H2,1-2H3,(H,25,26,28). The van der Waals surface area contributed by atoms with Gasteiger partial charge < -0.3 is 0 Å². The molecule has 0 saturated carbocycles. The summed E-state index contributed by atoms with van der Waals surface area (Å²) in [5.41, 5.74) is 4.47. The highest BCUT2D eigenvalue weighted by Crippen LogP contribution is 2.30. The number of aromatic nitrogens is 1. The predicted octanol–water partition coefficient (Wildman–Crippen LogP) is 5.62. The number of carbonyl (C=O) groups excluding carboxylic acids is 1. The molecule has 0 bridgehead atoms. The Labute approximate surface area is 200 Å². The maximum absolute atomic E-state index is 12.9. The summed E-state index contributed by atoms with van der Waals surface area (Å²) in [6.45, 7) is 5.14. The lowest BCUT2D eigenvalue weighted by Crippen LogP contribution is -2.35. The second-order valence-corrected chi connectivity index (χ2v) is 11.6. The number of rotatable bonds is 5. The number of hydrogen-bond acceptors (Lipinski definition) is 5. The largest absolute Gasteiger partial charge is 0.298 e. The summed E-state index contributed by atoms with van der Waals surface area (Å²) >= 11 is 4.73. The van der Waals surface area contributed by atoms with Crippen LogP contribution in [0.2, 0.25) is 0 Å². The number of nitrogens with one attached hydrogen (secondary N) is 1. The highest BCUT2D eigenvalue weighted by Gasteiger charge is 2.27. The molecule has 0 atom stereocenters. The van der Waals surface area contributed by atoms with E-state index in [1.807, 2.05) is 19.2 Å². The molecule has 2 aromatic carbocycles. The first-order valence-electron chi connectivity index (χ1n) is 10.4. The second-order valence-electron chi connectivity index (χ2n) is 7.92.